The Bertz CT molecular complexity index is 258. The van der Waals surface area contributed by atoms with Crippen LogP contribution in [0.1, 0.15) is 25.3 Å². The third-order valence-electron chi connectivity index (χ3n) is 2.00. The molecule has 72 valence electrons. The fourth-order valence-electron chi connectivity index (χ4n) is 1.39. The predicted molar refractivity (Wildman–Crippen MR) is 52.7 cm³/mol. The molecule has 0 aromatic heterocycles. The van der Waals surface area contributed by atoms with Gasteiger partial charge in [-0.2, -0.15) is 0 Å². The van der Waals surface area contributed by atoms with E-state index in [0.717, 1.165) is 18.4 Å². The summed E-state index contributed by atoms with van der Waals surface area (Å²) in [5, 5.41) is 18.7. The van der Waals surface area contributed by atoms with E-state index in [2.05, 4.69) is 0 Å². The van der Waals surface area contributed by atoms with Gasteiger partial charge in [-0.1, -0.05) is 25.5 Å². The molecule has 0 saturated heterocycles. The molecular weight excluding hydrogens is 164 g/mol. The number of benzene rings is 1. The Balaban J connectivity index is 2.53. The average Bonchev–Trinajstić information content (AvgIpc) is 2.04. The van der Waals surface area contributed by atoms with Crippen LogP contribution in [-0.2, 0) is 6.42 Å². The van der Waals surface area contributed by atoms with Crippen molar-refractivity contribution in [3.8, 4) is 5.75 Å². The summed E-state index contributed by atoms with van der Waals surface area (Å²) in [6, 6.07) is 7.04. The van der Waals surface area contributed by atoms with Crippen molar-refractivity contribution in [2.24, 2.45) is 0 Å². The van der Waals surface area contributed by atoms with Crippen molar-refractivity contribution in [3.63, 3.8) is 0 Å². The molecule has 0 aliphatic rings. The van der Waals surface area contributed by atoms with E-state index in [0.29, 0.717) is 6.42 Å². The molecule has 1 atom stereocenters. The Morgan fingerprint density at radius 3 is 2.77 bits per heavy atom. The highest BCUT2D eigenvalue weighted by atomic mass is 16.3. The fourth-order valence-corrected chi connectivity index (χ4v) is 1.39. The molecule has 1 aromatic carbocycles. The largest absolute Gasteiger partial charge is 0.508 e. The minimum absolute atomic E-state index is 0.265. The van der Waals surface area contributed by atoms with Gasteiger partial charge in [-0.25, -0.2) is 0 Å². The minimum Gasteiger partial charge on any atom is -0.508 e. The number of hydrogen-bond acceptors (Lipinski definition) is 2. The second-order valence-corrected chi connectivity index (χ2v) is 3.32. The van der Waals surface area contributed by atoms with Gasteiger partial charge in [-0.15, -0.1) is 0 Å². The maximum atomic E-state index is 9.51. The molecule has 0 radical (unpaired) electrons. The molecular formula is C11H16O2. The minimum atomic E-state index is -0.285. The number of hydrogen-bond donors (Lipinski definition) is 2. The third kappa shape index (κ3) is 3.47. The van der Waals surface area contributed by atoms with Crippen LogP contribution in [0.4, 0.5) is 0 Å². The van der Waals surface area contributed by atoms with Gasteiger partial charge in [0.15, 0.2) is 0 Å². The van der Waals surface area contributed by atoms with E-state index in [4.69, 9.17) is 0 Å². The van der Waals surface area contributed by atoms with Gasteiger partial charge in [0.2, 0.25) is 0 Å². The van der Waals surface area contributed by atoms with Crippen molar-refractivity contribution in [3.05, 3.63) is 29.8 Å². The van der Waals surface area contributed by atoms with Crippen molar-refractivity contribution < 1.29 is 10.2 Å². The van der Waals surface area contributed by atoms with Crippen molar-refractivity contribution in [1.82, 2.24) is 0 Å². The molecule has 13 heavy (non-hydrogen) atoms. The SMILES string of the molecule is CCC[C@@H](O)Cc1cccc(O)c1. The van der Waals surface area contributed by atoms with Gasteiger partial charge >= 0.3 is 0 Å². The molecule has 1 rings (SSSR count). The van der Waals surface area contributed by atoms with Gasteiger partial charge in [0.05, 0.1) is 6.10 Å². The first-order valence-corrected chi connectivity index (χ1v) is 4.68. The molecule has 1 aromatic rings. The highest BCUT2D eigenvalue weighted by Crippen LogP contribution is 2.13. The summed E-state index contributed by atoms with van der Waals surface area (Å²) in [5.74, 6) is 0.265. The molecule has 0 amide bonds. The van der Waals surface area contributed by atoms with Crippen molar-refractivity contribution in [2.45, 2.75) is 32.3 Å². The van der Waals surface area contributed by atoms with Crippen LogP contribution in [0.25, 0.3) is 0 Å². The normalized spacial score (nSPS) is 12.8. The second-order valence-electron chi connectivity index (χ2n) is 3.32. The lowest BCUT2D eigenvalue weighted by molar-refractivity contribution is 0.164. The molecule has 2 N–H and O–H groups in total. The van der Waals surface area contributed by atoms with E-state index in [-0.39, 0.29) is 11.9 Å². The Morgan fingerprint density at radius 2 is 2.15 bits per heavy atom. The first kappa shape index (κ1) is 10.1. The summed E-state index contributed by atoms with van der Waals surface area (Å²) in [6.07, 6.45) is 2.14. The molecule has 2 nitrogen and oxygen atoms in total. The van der Waals surface area contributed by atoms with Crippen LogP contribution >= 0.6 is 0 Å². The zero-order chi connectivity index (χ0) is 9.68. The standard InChI is InChI=1S/C11H16O2/c1-2-4-10(12)7-9-5-3-6-11(13)8-9/h3,5-6,8,10,12-13H,2,4,7H2,1H3/t10-/m1/s1. The van der Waals surface area contributed by atoms with E-state index < -0.39 is 0 Å². The second kappa shape index (κ2) is 4.87. The molecule has 0 aliphatic heterocycles. The lowest BCUT2D eigenvalue weighted by Gasteiger charge is -2.08. The topological polar surface area (TPSA) is 40.5 Å². The average molecular weight is 180 g/mol. The van der Waals surface area contributed by atoms with Gasteiger partial charge in [-0.05, 0) is 30.5 Å². The summed E-state index contributed by atoms with van der Waals surface area (Å²) in [5.41, 5.74) is 0.987. The smallest absolute Gasteiger partial charge is 0.115 e. The van der Waals surface area contributed by atoms with Crippen LogP contribution in [0.2, 0.25) is 0 Å². The van der Waals surface area contributed by atoms with Crippen molar-refractivity contribution in [2.75, 3.05) is 0 Å². The van der Waals surface area contributed by atoms with Crippen LogP contribution in [-0.4, -0.2) is 16.3 Å². The fraction of sp³-hybridized carbons (Fsp3) is 0.455. The molecule has 0 heterocycles. The Labute approximate surface area is 78.8 Å². The molecule has 0 saturated carbocycles. The number of aromatic hydroxyl groups is 1. The summed E-state index contributed by atoms with van der Waals surface area (Å²) in [7, 11) is 0. The first-order chi connectivity index (χ1) is 6.22. The van der Waals surface area contributed by atoms with E-state index in [1.54, 1.807) is 18.2 Å². The lowest BCUT2D eigenvalue weighted by Crippen LogP contribution is -2.09. The predicted octanol–water partition coefficient (Wildman–Crippen LogP) is 2.10. The highest BCUT2D eigenvalue weighted by Gasteiger charge is 2.04. The van der Waals surface area contributed by atoms with Crippen molar-refractivity contribution >= 4 is 0 Å². The van der Waals surface area contributed by atoms with Crippen LogP contribution in [0, 0.1) is 0 Å². The maximum absolute atomic E-state index is 9.51. The first-order valence-electron chi connectivity index (χ1n) is 4.68. The summed E-state index contributed by atoms with van der Waals surface area (Å²) >= 11 is 0. The van der Waals surface area contributed by atoms with Crippen LogP contribution in [0.5, 0.6) is 5.75 Å². The van der Waals surface area contributed by atoms with Gasteiger partial charge in [0.1, 0.15) is 5.75 Å². The zero-order valence-corrected chi connectivity index (χ0v) is 7.90. The lowest BCUT2D eigenvalue weighted by atomic mass is 10.0. The maximum Gasteiger partial charge on any atom is 0.115 e. The van der Waals surface area contributed by atoms with Gasteiger partial charge < -0.3 is 10.2 Å². The van der Waals surface area contributed by atoms with Crippen LogP contribution in [0.15, 0.2) is 24.3 Å². The van der Waals surface area contributed by atoms with Crippen LogP contribution in [0.3, 0.4) is 0 Å². The number of aliphatic hydroxyl groups excluding tert-OH is 1. The number of rotatable bonds is 4. The molecule has 0 fully saturated rings. The molecule has 0 aliphatic carbocycles. The molecule has 0 bridgehead atoms. The van der Waals surface area contributed by atoms with E-state index in [1.165, 1.54) is 0 Å². The van der Waals surface area contributed by atoms with Gasteiger partial charge in [0, 0.05) is 0 Å². The quantitative estimate of drug-likeness (QED) is 0.745. The summed E-state index contributed by atoms with van der Waals surface area (Å²) < 4.78 is 0. The van der Waals surface area contributed by atoms with Gasteiger partial charge in [-0.3, -0.25) is 0 Å². The molecule has 0 unspecified atom stereocenters. The Hall–Kier alpha value is -1.02. The van der Waals surface area contributed by atoms with E-state index in [1.807, 2.05) is 13.0 Å². The third-order valence-corrected chi connectivity index (χ3v) is 2.00. The number of aliphatic hydroxyl groups is 1. The Morgan fingerprint density at radius 1 is 1.38 bits per heavy atom. The van der Waals surface area contributed by atoms with Crippen LogP contribution < -0.4 is 0 Å². The Kier molecular flexibility index (Phi) is 3.77. The summed E-state index contributed by atoms with van der Waals surface area (Å²) in [4.78, 5) is 0. The highest BCUT2D eigenvalue weighted by molar-refractivity contribution is 5.27. The zero-order valence-electron chi connectivity index (χ0n) is 7.90. The number of phenols is 1. The van der Waals surface area contributed by atoms with E-state index in [9.17, 15) is 10.2 Å². The molecule has 0 spiro atoms. The van der Waals surface area contributed by atoms with Gasteiger partial charge in [0.25, 0.3) is 0 Å². The summed E-state index contributed by atoms with van der Waals surface area (Å²) in [6.45, 7) is 2.05. The number of phenolic OH excluding ortho intramolecular Hbond substituents is 1. The monoisotopic (exact) mass is 180 g/mol. The van der Waals surface area contributed by atoms with Crippen molar-refractivity contribution in [1.29, 1.82) is 0 Å². The molecule has 2 heteroatoms. The van der Waals surface area contributed by atoms with E-state index >= 15 is 0 Å².